The summed E-state index contributed by atoms with van der Waals surface area (Å²) in [6.07, 6.45) is 2.40. The standard InChI is InChI=1S/C48H48F3N7O2/c49-48(50,51)40-18-13-36(14-19-40)17-22-46(59)58(35-38-15-20-41(21-16-38)55-28-30-56(31-29-55)45-12-6-7-23-52-45)44(32-39-33-53-43-11-5-4-10-42(39)43)47(60)57-26-24-54(25-27-57)34-37-8-2-1-3-9-37/h1-23,33,44,53H,24-32,34-35H2/b22-17+/t44-/m0/s1. The molecule has 0 saturated carbocycles. The first-order chi connectivity index (χ1) is 29.2. The Balaban J connectivity index is 1.06. The lowest BCUT2D eigenvalue weighted by Gasteiger charge is -2.39. The summed E-state index contributed by atoms with van der Waals surface area (Å²) in [5, 5.41) is 0.975. The van der Waals surface area contributed by atoms with Crippen molar-refractivity contribution >= 4 is 40.3 Å². The molecule has 0 spiro atoms. The molecule has 2 saturated heterocycles. The summed E-state index contributed by atoms with van der Waals surface area (Å²) in [5.41, 5.74) is 4.66. The van der Waals surface area contributed by atoms with E-state index in [-0.39, 0.29) is 18.9 Å². The molecule has 308 valence electrons. The maximum absolute atomic E-state index is 14.9. The van der Waals surface area contributed by atoms with Gasteiger partial charge in [0.15, 0.2) is 0 Å². The van der Waals surface area contributed by atoms with Crippen molar-refractivity contribution in [3.63, 3.8) is 0 Å². The van der Waals surface area contributed by atoms with Crippen molar-refractivity contribution in [2.75, 3.05) is 62.2 Å². The number of fused-ring (bicyclic) bond motifs is 1. The van der Waals surface area contributed by atoms with Gasteiger partial charge in [-0.2, -0.15) is 13.2 Å². The first-order valence-corrected chi connectivity index (χ1v) is 20.4. The van der Waals surface area contributed by atoms with Crippen LogP contribution in [0.4, 0.5) is 24.7 Å². The van der Waals surface area contributed by atoms with Gasteiger partial charge in [0.2, 0.25) is 11.8 Å². The molecular formula is C48H48F3N7O2. The highest BCUT2D eigenvalue weighted by Gasteiger charge is 2.35. The number of aromatic amines is 1. The molecule has 60 heavy (non-hydrogen) atoms. The van der Waals surface area contributed by atoms with E-state index in [0.717, 1.165) is 78.4 Å². The van der Waals surface area contributed by atoms with Crippen molar-refractivity contribution in [2.24, 2.45) is 0 Å². The van der Waals surface area contributed by atoms with Crippen LogP contribution in [0.3, 0.4) is 0 Å². The number of para-hydroxylation sites is 1. The van der Waals surface area contributed by atoms with Crippen LogP contribution in [-0.4, -0.2) is 94.9 Å². The number of carbonyl (C=O) groups excluding carboxylic acids is 2. The van der Waals surface area contributed by atoms with Gasteiger partial charge in [0, 0.05) is 107 Å². The molecule has 1 atom stereocenters. The molecule has 0 bridgehead atoms. The van der Waals surface area contributed by atoms with Crippen molar-refractivity contribution in [1.29, 1.82) is 0 Å². The number of nitrogens with one attached hydrogen (secondary N) is 1. The predicted octanol–water partition coefficient (Wildman–Crippen LogP) is 7.91. The minimum atomic E-state index is -4.47. The molecule has 9 nitrogen and oxygen atoms in total. The van der Waals surface area contributed by atoms with Gasteiger partial charge in [-0.1, -0.05) is 78.9 Å². The highest BCUT2D eigenvalue weighted by molar-refractivity contribution is 5.96. The van der Waals surface area contributed by atoms with Crippen molar-refractivity contribution in [3.05, 3.63) is 168 Å². The highest BCUT2D eigenvalue weighted by atomic mass is 19.4. The number of halogens is 3. The van der Waals surface area contributed by atoms with E-state index in [0.29, 0.717) is 31.7 Å². The van der Waals surface area contributed by atoms with E-state index in [9.17, 15) is 22.8 Å². The van der Waals surface area contributed by atoms with Gasteiger partial charge in [-0.25, -0.2) is 4.98 Å². The molecule has 6 aromatic rings. The largest absolute Gasteiger partial charge is 0.416 e. The zero-order chi connectivity index (χ0) is 41.5. The summed E-state index contributed by atoms with van der Waals surface area (Å²) < 4.78 is 40.0. The van der Waals surface area contributed by atoms with E-state index in [2.05, 4.69) is 48.9 Å². The number of H-pyrrole nitrogens is 1. The van der Waals surface area contributed by atoms with Crippen molar-refractivity contribution in [2.45, 2.75) is 31.7 Å². The number of amides is 2. The molecule has 0 radical (unpaired) electrons. The Morgan fingerprint density at radius 3 is 2.12 bits per heavy atom. The second-order valence-corrected chi connectivity index (χ2v) is 15.4. The van der Waals surface area contributed by atoms with E-state index in [4.69, 9.17) is 0 Å². The first kappa shape index (κ1) is 40.4. The Bertz CT molecular complexity index is 2370. The number of piperazine rings is 2. The molecule has 2 aromatic heterocycles. The molecule has 2 fully saturated rings. The quantitative estimate of drug-likeness (QED) is 0.127. The van der Waals surface area contributed by atoms with Gasteiger partial charge in [0.25, 0.3) is 0 Å². The molecule has 2 amide bonds. The Hall–Kier alpha value is -6.40. The molecular weight excluding hydrogens is 764 g/mol. The van der Waals surface area contributed by atoms with Crippen LogP contribution in [0.2, 0.25) is 0 Å². The van der Waals surface area contributed by atoms with E-state index in [1.807, 2.05) is 90.1 Å². The number of nitrogens with zero attached hydrogens (tertiary/aromatic N) is 6. The van der Waals surface area contributed by atoms with Gasteiger partial charge in [0.05, 0.1) is 5.56 Å². The number of hydrogen-bond donors (Lipinski definition) is 1. The molecule has 1 N–H and O–H groups in total. The minimum Gasteiger partial charge on any atom is -0.368 e. The molecule has 0 unspecified atom stereocenters. The number of hydrogen-bond acceptors (Lipinski definition) is 6. The van der Waals surface area contributed by atoms with Gasteiger partial charge in [0.1, 0.15) is 11.9 Å². The number of anilines is 2. The summed E-state index contributed by atoms with van der Waals surface area (Å²) in [5.74, 6) is 0.416. The van der Waals surface area contributed by atoms with Crippen LogP contribution >= 0.6 is 0 Å². The average Bonchev–Trinajstić information content (AvgIpc) is 3.70. The first-order valence-electron chi connectivity index (χ1n) is 20.4. The smallest absolute Gasteiger partial charge is 0.368 e. The number of rotatable bonds is 12. The fraction of sp³-hybridized carbons (Fsp3) is 0.271. The lowest BCUT2D eigenvalue weighted by Crippen LogP contribution is -2.56. The molecule has 0 aliphatic carbocycles. The number of pyridine rings is 1. The Kier molecular flexibility index (Phi) is 12.3. The van der Waals surface area contributed by atoms with Gasteiger partial charge in [-0.15, -0.1) is 0 Å². The molecule has 4 aromatic carbocycles. The van der Waals surface area contributed by atoms with Gasteiger partial charge in [-0.3, -0.25) is 14.5 Å². The predicted molar refractivity (Wildman–Crippen MR) is 230 cm³/mol. The second kappa shape index (κ2) is 18.3. The lowest BCUT2D eigenvalue weighted by molar-refractivity contribution is -0.145. The zero-order valence-electron chi connectivity index (χ0n) is 33.3. The van der Waals surface area contributed by atoms with E-state index < -0.39 is 23.7 Å². The van der Waals surface area contributed by atoms with Gasteiger partial charge in [-0.05, 0) is 70.8 Å². The van der Waals surface area contributed by atoms with Crippen LogP contribution in [0.1, 0.15) is 27.8 Å². The fourth-order valence-electron chi connectivity index (χ4n) is 8.15. The van der Waals surface area contributed by atoms with Crippen LogP contribution < -0.4 is 9.80 Å². The van der Waals surface area contributed by atoms with E-state index >= 15 is 0 Å². The summed E-state index contributed by atoms with van der Waals surface area (Å²) in [4.78, 5) is 47.7. The third-order valence-corrected chi connectivity index (χ3v) is 11.5. The van der Waals surface area contributed by atoms with E-state index in [1.165, 1.54) is 29.8 Å². The fourth-order valence-corrected chi connectivity index (χ4v) is 8.15. The van der Waals surface area contributed by atoms with Crippen LogP contribution in [0.25, 0.3) is 17.0 Å². The Morgan fingerprint density at radius 2 is 1.42 bits per heavy atom. The normalized spacial score (nSPS) is 15.8. The van der Waals surface area contributed by atoms with Gasteiger partial charge >= 0.3 is 6.18 Å². The topological polar surface area (TPSA) is 79.0 Å². The maximum atomic E-state index is 14.9. The number of benzene rings is 4. The number of alkyl halides is 3. The molecule has 8 rings (SSSR count). The zero-order valence-corrected chi connectivity index (χ0v) is 33.3. The minimum absolute atomic E-state index is 0.140. The highest BCUT2D eigenvalue weighted by Crippen LogP contribution is 2.30. The third-order valence-electron chi connectivity index (χ3n) is 11.5. The Morgan fingerprint density at radius 1 is 0.733 bits per heavy atom. The third kappa shape index (κ3) is 9.72. The molecule has 2 aliphatic heterocycles. The van der Waals surface area contributed by atoms with E-state index in [1.54, 1.807) is 4.90 Å². The molecule has 4 heterocycles. The van der Waals surface area contributed by atoms with Crippen LogP contribution in [0, 0.1) is 0 Å². The number of carbonyl (C=O) groups is 2. The summed E-state index contributed by atoms with van der Waals surface area (Å²) in [7, 11) is 0. The number of aromatic nitrogens is 2. The lowest BCUT2D eigenvalue weighted by atomic mass is 10.0. The maximum Gasteiger partial charge on any atom is 0.416 e. The molecule has 2 aliphatic rings. The van der Waals surface area contributed by atoms with Crippen molar-refractivity contribution in [1.82, 2.24) is 24.7 Å². The Labute approximate surface area is 348 Å². The summed E-state index contributed by atoms with van der Waals surface area (Å²) in [6, 6.07) is 36.1. The van der Waals surface area contributed by atoms with Crippen LogP contribution in [-0.2, 0) is 35.3 Å². The van der Waals surface area contributed by atoms with Crippen molar-refractivity contribution < 1.29 is 22.8 Å². The average molecular weight is 812 g/mol. The molecule has 12 heteroatoms. The van der Waals surface area contributed by atoms with Crippen molar-refractivity contribution in [3.8, 4) is 0 Å². The SMILES string of the molecule is O=C([C@H](Cc1c[nH]c2ccccc12)N(Cc1ccc(N2CCN(c3ccccn3)CC2)cc1)C(=O)/C=C/c1ccc(C(F)(F)F)cc1)N1CCN(Cc2ccccc2)CC1. The van der Waals surface area contributed by atoms with Gasteiger partial charge < -0.3 is 24.6 Å². The monoisotopic (exact) mass is 811 g/mol. The summed E-state index contributed by atoms with van der Waals surface area (Å²) in [6.45, 7) is 6.69. The second-order valence-electron chi connectivity index (χ2n) is 15.4. The summed E-state index contributed by atoms with van der Waals surface area (Å²) >= 11 is 0. The van der Waals surface area contributed by atoms with Crippen LogP contribution in [0.5, 0.6) is 0 Å². The van der Waals surface area contributed by atoms with Crippen LogP contribution in [0.15, 0.2) is 140 Å².